The monoisotopic (exact) mass is 282 g/mol. The number of carbonyl (C=O) groups is 1. The Morgan fingerprint density at radius 3 is 2.53 bits per heavy atom. The molecule has 0 bridgehead atoms. The molecule has 0 saturated carbocycles. The molecule has 17 heavy (non-hydrogen) atoms. The number of nitrogens with zero attached hydrogens (tertiary/aromatic N) is 2. The molecule has 1 aromatic heterocycles. The van der Waals surface area contributed by atoms with Crippen molar-refractivity contribution in [3.63, 3.8) is 0 Å². The molecule has 0 aliphatic heterocycles. The van der Waals surface area contributed by atoms with Crippen LogP contribution in [0.15, 0.2) is 6.07 Å². The molecule has 7 heteroatoms. The van der Waals surface area contributed by atoms with Crippen molar-refractivity contribution in [2.75, 3.05) is 6.54 Å². The first kappa shape index (κ1) is 18.6. The third-order valence-corrected chi connectivity index (χ3v) is 2.16. The maximum Gasteiger partial charge on any atom is 0.241 e. The topological polar surface area (TPSA) is 72.9 Å². The minimum absolute atomic E-state index is 0. The van der Waals surface area contributed by atoms with Crippen molar-refractivity contribution < 1.29 is 4.79 Å². The van der Waals surface area contributed by atoms with Crippen LogP contribution in [-0.4, -0.2) is 28.3 Å². The van der Waals surface area contributed by atoms with Crippen molar-refractivity contribution in [3.05, 3.63) is 17.5 Å². The Morgan fingerprint density at radius 1 is 1.53 bits per heavy atom. The average molecular weight is 283 g/mol. The average Bonchev–Trinajstić information content (AvgIpc) is 2.44. The van der Waals surface area contributed by atoms with Crippen LogP contribution >= 0.6 is 24.8 Å². The fraction of sp³-hybridized carbons (Fsp3) is 0.600. The highest BCUT2D eigenvalue weighted by Crippen LogP contribution is 2.00. The smallest absolute Gasteiger partial charge is 0.241 e. The number of carbonyl (C=O) groups excluding carboxylic acids is 1. The van der Waals surface area contributed by atoms with E-state index in [2.05, 4.69) is 10.4 Å². The van der Waals surface area contributed by atoms with Crippen LogP contribution in [0.5, 0.6) is 0 Å². The number of halogens is 2. The lowest BCUT2D eigenvalue weighted by molar-refractivity contribution is -0.122. The molecule has 0 aliphatic carbocycles. The lowest BCUT2D eigenvalue weighted by atomic mass is 10.3. The molecule has 0 fully saturated rings. The molecule has 1 heterocycles. The Balaban J connectivity index is 0. The number of hydrogen-bond donors (Lipinski definition) is 2. The summed E-state index contributed by atoms with van der Waals surface area (Å²) < 4.78 is 1.69. The molecule has 1 aromatic rings. The van der Waals surface area contributed by atoms with E-state index in [1.54, 1.807) is 4.68 Å². The predicted octanol–water partition coefficient (Wildman–Crippen LogP) is 0.807. The van der Waals surface area contributed by atoms with Gasteiger partial charge in [-0.2, -0.15) is 5.10 Å². The Hall–Kier alpha value is -0.780. The van der Waals surface area contributed by atoms with Crippen LogP contribution in [0.2, 0.25) is 0 Å². The molecular weight excluding hydrogens is 263 g/mol. The highest BCUT2D eigenvalue weighted by Gasteiger charge is 2.08. The summed E-state index contributed by atoms with van der Waals surface area (Å²) in [7, 11) is 0. The van der Waals surface area contributed by atoms with Gasteiger partial charge in [0.25, 0.3) is 0 Å². The maximum atomic E-state index is 11.5. The number of aromatic nitrogens is 2. The number of nitrogens with one attached hydrogen (secondary N) is 1. The number of rotatable bonds is 4. The van der Waals surface area contributed by atoms with Crippen molar-refractivity contribution in [1.82, 2.24) is 15.1 Å². The molecule has 100 valence electrons. The third kappa shape index (κ3) is 5.91. The molecule has 5 nitrogen and oxygen atoms in total. The van der Waals surface area contributed by atoms with Crippen molar-refractivity contribution in [1.29, 1.82) is 0 Å². The fourth-order valence-corrected chi connectivity index (χ4v) is 1.35. The summed E-state index contributed by atoms with van der Waals surface area (Å²) in [5.74, 6) is -0.0563. The molecule has 0 saturated heterocycles. The standard InChI is InChI=1S/C10H18N4O.2ClH/c1-7-4-9(3)14(13-7)6-10(15)12-8(2)5-11;;/h4,8H,5-6,11H2,1-3H3,(H,12,15);2*1H/t8-;;/m0../s1. The normalized spacial score (nSPS) is 11.1. The van der Waals surface area contributed by atoms with E-state index in [1.165, 1.54) is 0 Å². The van der Waals surface area contributed by atoms with Crippen LogP contribution < -0.4 is 11.1 Å². The maximum absolute atomic E-state index is 11.5. The van der Waals surface area contributed by atoms with Gasteiger partial charge in [-0.05, 0) is 26.8 Å². The second kappa shape index (κ2) is 8.33. The second-order valence-corrected chi connectivity index (χ2v) is 3.79. The van der Waals surface area contributed by atoms with Gasteiger partial charge < -0.3 is 11.1 Å². The Labute approximate surface area is 114 Å². The van der Waals surface area contributed by atoms with Crippen molar-refractivity contribution in [3.8, 4) is 0 Å². The molecule has 0 spiro atoms. The Bertz CT molecular complexity index is 354. The quantitative estimate of drug-likeness (QED) is 0.858. The van der Waals surface area contributed by atoms with E-state index in [4.69, 9.17) is 5.73 Å². The second-order valence-electron chi connectivity index (χ2n) is 3.79. The summed E-state index contributed by atoms with van der Waals surface area (Å²) in [5, 5.41) is 7.00. The highest BCUT2D eigenvalue weighted by atomic mass is 35.5. The van der Waals surface area contributed by atoms with Crippen LogP contribution in [0.1, 0.15) is 18.3 Å². The van der Waals surface area contributed by atoms with Crippen LogP contribution in [-0.2, 0) is 11.3 Å². The van der Waals surface area contributed by atoms with E-state index in [0.29, 0.717) is 6.54 Å². The summed E-state index contributed by atoms with van der Waals surface area (Å²) in [6, 6.07) is 1.95. The molecule has 0 radical (unpaired) electrons. The van der Waals surface area contributed by atoms with E-state index < -0.39 is 0 Å². The SMILES string of the molecule is Cc1cc(C)n(CC(=O)N[C@@H](C)CN)n1.Cl.Cl. The van der Waals surface area contributed by atoms with Gasteiger partial charge in [0.05, 0.1) is 5.69 Å². The first-order valence-electron chi connectivity index (χ1n) is 5.03. The van der Waals surface area contributed by atoms with Crippen molar-refractivity contribution in [2.45, 2.75) is 33.4 Å². The van der Waals surface area contributed by atoms with Gasteiger partial charge in [0.2, 0.25) is 5.91 Å². The zero-order chi connectivity index (χ0) is 11.4. The lowest BCUT2D eigenvalue weighted by Crippen LogP contribution is -2.39. The highest BCUT2D eigenvalue weighted by molar-refractivity contribution is 5.85. The number of hydrogen-bond acceptors (Lipinski definition) is 3. The molecular formula is C10H20Cl2N4O. The molecule has 1 amide bonds. The van der Waals surface area contributed by atoms with Crippen LogP contribution in [0.4, 0.5) is 0 Å². The van der Waals surface area contributed by atoms with Gasteiger partial charge in [-0.3, -0.25) is 9.48 Å². The first-order valence-corrected chi connectivity index (χ1v) is 5.03. The van der Waals surface area contributed by atoms with Crippen LogP contribution in [0.25, 0.3) is 0 Å². The summed E-state index contributed by atoms with van der Waals surface area (Å²) in [4.78, 5) is 11.5. The van der Waals surface area contributed by atoms with Gasteiger partial charge in [0.15, 0.2) is 0 Å². The van der Waals surface area contributed by atoms with Crippen LogP contribution in [0.3, 0.4) is 0 Å². The summed E-state index contributed by atoms with van der Waals surface area (Å²) in [6.07, 6.45) is 0. The summed E-state index contributed by atoms with van der Waals surface area (Å²) >= 11 is 0. The zero-order valence-corrected chi connectivity index (χ0v) is 11.9. The number of nitrogens with two attached hydrogens (primary N) is 1. The third-order valence-electron chi connectivity index (χ3n) is 2.16. The van der Waals surface area contributed by atoms with Crippen molar-refractivity contribution in [2.24, 2.45) is 5.73 Å². The first-order chi connectivity index (χ1) is 7.02. The van der Waals surface area contributed by atoms with Gasteiger partial charge in [-0.15, -0.1) is 24.8 Å². The van der Waals surface area contributed by atoms with Gasteiger partial charge in [0, 0.05) is 18.3 Å². The van der Waals surface area contributed by atoms with E-state index in [-0.39, 0.29) is 43.3 Å². The van der Waals surface area contributed by atoms with E-state index in [9.17, 15) is 4.79 Å². The van der Waals surface area contributed by atoms with Gasteiger partial charge >= 0.3 is 0 Å². The van der Waals surface area contributed by atoms with E-state index >= 15 is 0 Å². The largest absolute Gasteiger partial charge is 0.351 e. The summed E-state index contributed by atoms with van der Waals surface area (Å²) in [5.41, 5.74) is 7.32. The van der Waals surface area contributed by atoms with E-state index in [0.717, 1.165) is 11.4 Å². The predicted molar refractivity (Wildman–Crippen MR) is 72.9 cm³/mol. The minimum atomic E-state index is -0.0563. The number of amides is 1. The Morgan fingerprint density at radius 2 is 2.12 bits per heavy atom. The van der Waals surface area contributed by atoms with Crippen LogP contribution in [0, 0.1) is 13.8 Å². The zero-order valence-electron chi connectivity index (χ0n) is 10.3. The van der Waals surface area contributed by atoms with E-state index in [1.807, 2.05) is 26.8 Å². The minimum Gasteiger partial charge on any atom is -0.351 e. The summed E-state index contributed by atoms with van der Waals surface area (Å²) in [6.45, 7) is 6.41. The molecule has 0 aromatic carbocycles. The molecule has 1 rings (SSSR count). The van der Waals surface area contributed by atoms with Gasteiger partial charge in [0.1, 0.15) is 6.54 Å². The van der Waals surface area contributed by atoms with Gasteiger partial charge in [-0.1, -0.05) is 0 Å². The lowest BCUT2D eigenvalue weighted by Gasteiger charge is -2.11. The molecule has 0 unspecified atom stereocenters. The molecule has 0 aliphatic rings. The number of aryl methyl sites for hydroxylation is 2. The van der Waals surface area contributed by atoms with Gasteiger partial charge in [-0.25, -0.2) is 0 Å². The Kier molecular flexibility index (Phi) is 9.11. The fourth-order valence-electron chi connectivity index (χ4n) is 1.35. The molecule has 1 atom stereocenters. The molecule has 3 N–H and O–H groups in total. The van der Waals surface area contributed by atoms with Crippen molar-refractivity contribution >= 4 is 30.7 Å².